The number of anilines is 1. The van der Waals surface area contributed by atoms with E-state index in [4.69, 9.17) is 22.1 Å². The van der Waals surface area contributed by atoms with Crippen molar-refractivity contribution in [3.8, 4) is 0 Å². The van der Waals surface area contributed by atoms with Gasteiger partial charge in [0.2, 0.25) is 0 Å². The Morgan fingerprint density at radius 3 is 2.78 bits per heavy atom. The van der Waals surface area contributed by atoms with Crippen LogP contribution >= 0.6 is 11.6 Å². The second-order valence-electron chi connectivity index (χ2n) is 4.72. The Morgan fingerprint density at radius 1 is 1.44 bits per heavy atom. The van der Waals surface area contributed by atoms with Gasteiger partial charge in [0.25, 0.3) is 0 Å². The molecule has 1 rings (SSSR count). The van der Waals surface area contributed by atoms with Gasteiger partial charge in [0.1, 0.15) is 0 Å². The lowest BCUT2D eigenvalue weighted by atomic mass is 10.0. The zero-order valence-corrected chi connectivity index (χ0v) is 12.2. The average Bonchev–Trinajstić information content (AvgIpc) is 2.28. The van der Waals surface area contributed by atoms with Gasteiger partial charge < -0.3 is 15.4 Å². The lowest BCUT2D eigenvalue weighted by Crippen LogP contribution is -2.24. The summed E-state index contributed by atoms with van der Waals surface area (Å²) in [4.78, 5) is 2.23. The van der Waals surface area contributed by atoms with Crippen LogP contribution in [0.3, 0.4) is 0 Å². The molecule has 0 aliphatic rings. The molecule has 0 amide bonds. The number of hydrogen-bond donors (Lipinski definition) is 1. The van der Waals surface area contributed by atoms with Crippen molar-refractivity contribution in [2.75, 3.05) is 32.2 Å². The van der Waals surface area contributed by atoms with E-state index >= 15 is 0 Å². The Kier molecular flexibility index (Phi) is 6.47. The van der Waals surface area contributed by atoms with E-state index in [-0.39, 0.29) is 6.04 Å². The van der Waals surface area contributed by atoms with Gasteiger partial charge in [-0.15, -0.1) is 0 Å². The second-order valence-corrected chi connectivity index (χ2v) is 5.16. The van der Waals surface area contributed by atoms with Crippen LogP contribution in [-0.2, 0) is 11.2 Å². The minimum absolute atomic E-state index is 0.134. The van der Waals surface area contributed by atoms with E-state index in [2.05, 4.69) is 18.0 Å². The van der Waals surface area contributed by atoms with E-state index in [1.54, 1.807) is 7.11 Å². The lowest BCUT2D eigenvalue weighted by Gasteiger charge is -2.23. The predicted molar refractivity (Wildman–Crippen MR) is 78.6 cm³/mol. The molecular formula is C14H23ClN2O. The van der Waals surface area contributed by atoms with Gasteiger partial charge in [-0.1, -0.05) is 11.6 Å². The molecule has 0 saturated heterocycles. The molecule has 1 aromatic rings. The SMILES string of the molecule is COCCCN(C)c1ccc(Cl)cc1CC(C)N. The number of halogens is 1. The fraction of sp³-hybridized carbons (Fsp3) is 0.571. The molecule has 18 heavy (non-hydrogen) atoms. The zero-order valence-electron chi connectivity index (χ0n) is 11.4. The molecule has 0 fully saturated rings. The maximum Gasteiger partial charge on any atom is 0.0479 e. The summed E-state index contributed by atoms with van der Waals surface area (Å²) in [7, 11) is 3.81. The highest BCUT2D eigenvalue weighted by atomic mass is 35.5. The first-order valence-electron chi connectivity index (χ1n) is 6.28. The minimum Gasteiger partial charge on any atom is -0.385 e. The average molecular weight is 271 g/mol. The summed E-state index contributed by atoms with van der Waals surface area (Å²) in [6.07, 6.45) is 1.84. The molecule has 3 nitrogen and oxygen atoms in total. The molecule has 0 aliphatic carbocycles. The van der Waals surface area contributed by atoms with E-state index in [1.165, 1.54) is 11.3 Å². The maximum atomic E-state index is 6.05. The van der Waals surface area contributed by atoms with Crippen LogP contribution in [-0.4, -0.2) is 33.4 Å². The van der Waals surface area contributed by atoms with Crippen LogP contribution in [0.2, 0.25) is 5.02 Å². The molecule has 0 spiro atoms. The number of hydrogen-bond acceptors (Lipinski definition) is 3. The van der Waals surface area contributed by atoms with E-state index in [0.29, 0.717) is 0 Å². The summed E-state index contributed by atoms with van der Waals surface area (Å²) < 4.78 is 5.07. The van der Waals surface area contributed by atoms with Gasteiger partial charge >= 0.3 is 0 Å². The topological polar surface area (TPSA) is 38.5 Å². The quantitative estimate of drug-likeness (QED) is 0.775. The number of ether oxygens (including phenoxy) is 1. The van der Waals surface area contributed by atoms with E-state index in [1.807, 2.05) is 19.1 Å². The van der Waals surface area contributed by atoms with Gasteiger partial charge in [-0.25, -0.2) is 0 Å². The molecule has 1 atom stereocenters. The molecule has 0 aliphatic heterocycles. The fourth-order valence-electron chi connectivity index (χ4n) is 2.00. The number of nitrogens with two attached hydrogens (primary N) is 1. The van der Waals surface area contributed by atoms with Crippen LogP contribution in [0.4, 0.5) is 5.69 Å². The number of rotatable bonds is 7. The van der Waals surface area contributed by atoms with Crippen LogP contribution in [0, 0.1) is 0 Å². The molecule has 102 valence electrons. The van der Waals surface area contributed by atoms with Crippen molar-refractivity contribution >= 4 is 17.3 Å². The first-order valence-corrected chi connectivity index (χ1v) is 6.66. The summed E-state index contributed by atoms with van der Waals surface area (Å²) >= 11 is 6.05. The summed E-state index contributed by atoms with van der Waals surface area (Å²) in [6.45, 7) is 3.75. The van der Waals surface area contributed by atoms with Crippen molar-refractivity contribution in [1.29, 1.82) is 0 Å². The zero-order chi connectivity index (χ0) is 13.5. The Morgan fingerprint density at radius 2 is 2.17 bits per heavy atom. The molecule has 4 heteroatoms. The largest absolute Gasteiger partial charge is 0.385 e. The summed E-state index contributed by atoms with van der Waals surface area (Å²) in [5, 5.41) is 0.764. The Balaban J connectivity index is 2.78. The monoisotopic (exact) mass is 270 g/mol. The maximum absolute atomic E-state index is 6.05. The van der Waals surface area contributed by atoms with Crippen molar-refractivity contribution < 1.29 is 4.74 Å². The van der Waals surface area contributed by atoms with Gasteiger partial charge in [-0.2, -0.15) is 0 Å². The molecule has 1 aromatic carbocycles. The van der Waals surface area contributed by atoms with Gasteiger partial charge in [0.05, 0.1) is 0 Å². The Bertz CT molecular complexity index is 369. The third kappa shape index (κ3) is 4.84. The van der Waals surface area contributed by atoms with Gasteiger partial charge in [-0.3, -0.25) is 0 Å². The molecule has 0 aromatic heterocycles. The molecular weight excluding hydrogens is 248 g/mol. The van der Waals surface area contributed by atoms with E-state index in [9.17, 15) is 0 Å². The number of nitrogens with zero attached hydrogens (tertiary/aromatic N) is 1. The van der Waals surface area contributed by atoms with Crippen LogP contribution in [0.1, 0.15) is 18.9 Å². The predicted octanol–water partition coefficient (Wildman–Crippen LogP) is 2.70. The van der Waals surface area contributed by atoms with Crippen LogP contribution < -0.4 is 10.6 Å². The van der Waals surface area contributed by atoms with Crippen molar-refractivity contribution in [2.45, 2.75) is 25.8 Å². The fourth-order valence-corrected chi connectivity index (χ4v) is 2.20. The molecule has 1 unspecified atom stereocenters. The molecule has 0 saturated carbocycles. The summed E-state index contributed by atoms with van der Waals surface area (Å²) in [5.74, 6) is 0. The highest BCUT2D eigenvalue weighted by Crippen LogP contribution is 2.24. The first kappa shape index (κ1) is 15.3. The van der Waals surface area contributed by atoms with Crippen molar-refractivity contribution in [3.63, 3.8) is 0 Å². The van der Waals surface area contributed by atoms with Crippen molar-refractivity contribution in [1.82, 2.24) is 0 Å². The second kappa shape index (κ2) is 7.62. The lowest BCUT2D eigenvalue weighted by molar-refractivity contribution is 0.196. The van der Waals surface area contributed by atoms with Crippen LogP contribution in [0.5, 0.6) is 0 Å². The van der Waals surface area contributed by atoms with Crippen LogP contribution in [0.25, 0.3) is 0 Å². The number of methoxy groups -OCH3 is 1. The first-order chi connectivity index (χ1) is 8.54. The van der Waals surface area contributed by atoms with Crippen molar-refractivity contribution in [3.05, 3.63) is 28.8 Å². The van der Waals surface area contributed by atoms with Gasteiger partial charge in [0.15, 0.2) is 0 Å². The summed E-state index contributed by atoms with van der Waals surface area (Å²) in [5.41, 5.74) is 8.29. The van der Waals surface area contributed by atoms with Gasteiger partial charge in [0, 0.05) is 44.1 Å². The van der Waals surface area contributed by atoms with Crippen LogP contribution in [0.15, 0.2) is 18.2 Å². The Hall–Kier alpha value is -0.770. The van der Waals surface area contributed by atoms with E-state index in [0.717, 1.165) is 31.0 Å². The molecule has 0 heterocycles. The van der Waals surface area contributed by atoms with E-state index < -0.39 is 0 Å². The summed E-state index contributed by atoms with van der Waals surface area (Å²) in [6, 6.07) is 6.13. The van der Waals surface area contributed by atoms with Gasteiger partial charge in [-0.05, 0) is 43.5 Å². The third-order valence-corrected chi connectivity index (χ3v) is 3.07. The Labute approximate surface area is 115 Å². The molecule has 0 bridgehead atoms. The molecule has 2 N–H and O–H groups in total. The molecule has 0 radical (unpaired) electrons. The highest BCUT2D eigenvalue weighted by molar-refractivity contribution is 6.30. The highest BCUT2D eigenvalue weighted by Gasteiger charge is 2.09. The smallest absolute Gasteiger partial charge is 0.0479 e. The minimum atomic E-state index is 0.134. The standard InChI is InChI=1S/C14H23ClN2O/c1-11(16)9-12-10-13(15)5-6-14(12)17(2)7-4-8-18-3/h5-6,10-11H,4,7-9,16H2,1-3H3. The third-order valence-electron chi connectivity index (χ3n) is 2.84. The van der Waals surface area contributed by atoms with Crippen molar-refractivity contribution in [2.24, 2.45) is 5.73 Å². The normalized spacial score (nSPS) is 12.5. The number of benzene rings is 1.